The van der Waals surface area contributed by atoms with Crippen LogP contribution in [0.15, 0.2) is 24.3 Å². The Morgan fingerprint density at radius 1 is 1.39 bits per heavy atom. The molecule has 1 N–H and O–H groups in total. The average Bonchev–Trinajstić information content (AvgIpc) is 2.82. The number of ether oxygens (including phenoxy) is 2. The van der Waals surface area contributed by atoms with Gasteiger partial charge in [0.15, 0.2) is 0 Å². The minimum atomic E-state index is -0.539. The van der Waals surface area contributed by atoms with Gasteiger partial charge < -0.3 is 14.6 Å². The minimum absolute atomic E-state index is 0.0765. The van der Waals surface area contributed by atoms with Crippen LogP contribution in [0.2, 0.25) is 0 Å². The molecule has 0 aromatic heterocycles. The highest BCUT2D eigenvalue weighted by Gasteiger charge is 2.31. The Labute approximate surface area is 109 Å². The summed E-state index contributed by atoms with van der Waals surface area (Å²) in [5.41, 5.74) is 0.901. The van der Waals surface area contributed by atoms with Crippen molar-refractivity contribution >= 4 is 0 Å². The molecule has 2 rings (SSSR count). The average molecular weight is 250 g/mol. The molecule has 1 saturated heterocycles. The quantitative estimate of drug-likeness (QED) is 0.873. The molecule has 0 saturated carbocycles. The van der Waals surface area contributed by atoms with Crippen LogP contribution in [0.5, 0.6) is 5.75 Å². The number of hydrogen-bond acceptors (Lipinski definition) is 3. The van der Waals surface area contributed by atoms with Crippen molar-refractivity contribution in [3.8, 4) is 5.75 Å². The monoisotopic (exact) mass is 250 g/mol. The van der Waals surface area contributed by atoms with Gasteiger partial charge in [-0.15, -0.1) is 0 Å². The maximum absolute atomic E-state index is 10.3. The van der Waals surface area contributed by atoms with Gasteiger partial charge in [-0.3, -0.25) is 0 Å². The Bertz CT molecular complexity index is 361. The van der Waals surface area contributed by atoms with Gasteiger partial charge in [0.2, 0.25) is 0 Å². The molecule has 3 unspecified atom stereocenters. The van der Waals surface area contributed by atoms with E-state index in [-0.39, 0.29) is 6.10 Å². The van der Waals surface area contributed by atoms with E-state index in [4.69, 9.17) is 9.47 Å². The summed E-state index contributed by atoms with van der Waals surface area (Å²) in [4.78, 5) is 0. The highest BCUT2D eigenvalue weighted by Crippen LogP contribution is 2.31. The largest absolute Gasteiger partial charge is 0.494 e. The Morgan fingerprint density at radius 3 is 2.67 bits per heavy atom. The van der Waals surface area contributed by atoms with Crippen molar-refractivity contribution in [1.82, 2.24) is 0 Å². The molecule has 1 heterocycles. The smallest absolute Gasteiger partial charge is 0.119 e. The summed E-state index contributed by atoms with van der Waals surface area (Å²) in [6.07, 6.45) is 1.41. The highest BCUT2D eigenvalue weighted by atomic mass is 16.5. The van der Waals surface area contributed by atoms with Crippen molar-refractivity contribution in [2.75, 3.05) is 13.2 Å². The molecule has 3 heteroatoms. The van der Waals surface area contributed by atoms with Gasteiger partial charge in [0, 0.05) is 6.61 Å². The first-order chi connectivity index (χ1) is 8.72. The van der Waals surface area contributed by atoms with Gasteiger partial charge in [-0.2, -0.15) is 0 Å². The summed E-state index contributed by atoms with van der Waals surface area (Å²) in [6.45, 7) is 5.68. The van der Waals surface area contributed by atoms with E-state index in [0.717, 1.165) is 37.4 Å². The van der Waals surface area contributed by atoms with E-state index in [2.05, 4.69) is 13.8 Å². The lowest BCUT2D eigenvalue weighted by atomic mass is 9.95. The zero-order valence-corrected chi connectivity index (χ0v) is 11.1. The fourth-order valence-corrected chi connectivity index (χ4v) is 2.29. The number of rotatable bonds is 5. The summed E-state index contributed by atoms with van der Waals surface area (Å²) in [6, 6.07) is 7.66. The normalized spacial score (nSPS) is 25.1. The summed E-state index contributed by atoms with van der Waals surface area (Å²) in [7, 11) is 0. The standard InChI is InChI=1S/C15H22O3/c1-3-9-17-13-6-4-12(5-7-13)14(16)15-11(2)8-10-18-15/h4-7,11,14-16H,3,8-10H2,1-2H3. The second kappa shape index (κ2) is 6.21. The molecule has 0 spiro atoms. The van der Waals surface area contributed by atoms with Crippen LogP contribution in [-0.4, -0.2) is 24.4 Å². The Morgan fingerprint density at radius 2 is 2.11 bits per heavy atom. The zero-order valence-electron chi connectivity index (χ0n) is 11.1. The maximum Gasteiger partial charge on any atom is 0.119 e. The molecule has 0 aliphatic carbocycles. The number of hydrogen-bond donors (Lipinski definition) is 1. The Balaban J connectivity index is 2.00. The van der Waals surface area contributed by atoms with E-state index < -0.39 is 6.10 Å². The molecule has 1 fully saturated rings. The predicted octanol–water partition coefficient (Wildman–Crippen LogP) is 2.93. The van der Waals surface area contributed by atoms with Crippen LogP contribution in [0, 0.1) is 5.92 Å². The summed E-state index contributed by atoms with van der Waals surface area (Å²) < 4.78 is 11.1. The molecule has 3 atom stereocenters. The topological polar surface area (TPSA) is 38.7 Å². The van der Waals surface area contributed by atoms with Crippen LogP contribution in [0.25, 0.3) is 0 Å². The summed E-state index contributed by atoms with van der Waals surface area (Å²) in [5.74, 6) is 1.27. The first-order valence-electron chi connectivity index (χ1n) is 6.74. The molecule has 0 bridgehead atoms. The van der Waals surface area contributed by atoms with Crippen LogP contribution in [0.1, 0.15) is 38.4 Å². The molecule has 0 amide bonds. The fourth-order valence-electron chi connectivity index (χ4n) is 2.29. The summed E-state index contributed by atoms with van der Waals surface area (Å²) in [5, 5.41) is 10.3. The van der Waals surface area contributed by atoms with Gasteiger partial charge in [0.05, 0.1) is 12.7 Å². The number of aliphatic hydroxyl groups is 1. The lowest BCUT2D eigenvalue weighted by molar-refractivity contribution is -0.0178. The maximum atomic E-state index is 10.3. The van der Waals surface area contributed by atoms with Gasteiger partial charge in [-0.1, -0.05) is 26.0 Å². The Kier molecular flexibility index (Phi) is 4.61. The van der Waals surface area contributed by atoms with E-state index in [0.29, 0.717) is 5.92 Å². The molecule has 1 aromatic rings. The first kappa shape index (κ1) is 13.4. The van der Waals surface area contributed by atoms with Crippen LogP contribution >= 0.6 is 0 Å². The lowest BCUT2D eigenvalue weighted by Gasteiger charge is -2.21. The third-order valence-corrected chi connectivity index (χ3v) is 3.45. The van der Waals surface area contributed by atoms with Crippen molar-refractivity contribution < 1.29 is 14.6 Å². The van der Waals surface area contributed by atoms with E-state index >= 15 is 0 Å². The highest BCUT2D eigenvalue weighted by molar-refractivity contribution is 5.29. The van der Waals surface area contributed by atoms with Gasteiger partial charge >= 0.3 is 0 Å². The molecular weight excluding hydrogens is 228 g/mol. The molecule has 100 valence electrons. The van der Waals surface area contributed by atoms with Crippen LogP contribution in [0.3, 0.4) is 0 Å². The molecule has 1 aromatic carbocycles. The number of benzene rings is 1. The molecule has 1 aliphatic heterocycles. The first-order valence-corrected chi connectivity index (χ1v) is 6.74. The van der Waals surface area contributed by atoms with E-state index in [1.54, 1.807) is 0 Å². The lowest BCUT2D eigenvalue weighted by Crippen LogP contribution is -2.22. The van der Waals surface area contributed by atoms with Crippen molar-refractivity contribution in [3.63, 3.8) is 0 Å². The Hall–Kier alpha value is -1.06. The van der Waals surface area contributed by atoms with Crippen molar-refractivity contribution in [1.29, 1.82) is 0 Å². The minimum Gasteiger partial charge on any atom is -0.494 e. The third kappa shape index (κ3) is 3.03. The van der Waals surface area contributed by atoms with E-state index in [9.17, 15) is 5.11 Å². The van der Waals surface area contributed by atoms with Gasteiger partial charge in [-0.25, -0.2) is 0 Å². The van der Waals surface area contributed by atoms with Crippen LogP contribution in [0.4, 0.5) is 0 Å². The van der Waals surface area contributed by atoms with Crippen molar-refractivity contribution in [2.24, 2.45) is 5.92 Å². The molecule has 18 heavy (non-hydrogen) atoms. The van der Waals surface area contributed by atoms with E-state index in [1.165, 1.54) is 0 Å². The van der Waals surface area contributed by atoms with Gasteiger partial charge in [0.25, 0.3) is 0 Å². The van der Waals surface area contributed by atoms with Crippen LogP contribution in [-0.2, 0) is 4.74 Å². The zero-order chi connectivity index (χ0) is 13.0. The van der Waals surface area contributed by atoms with Crippen molar-refractivity contribution in [2.45, 2.75) is 38.9 Å². The summed E-state index contributed by atoms with van der Waals surface area (Å²) >= 11 is 0. The fraction of sp³-hybridized carbons (Fsp3) is 0.600. The molecule has 1 aliphatic rings. The molecule has 0 radical (unpaired) electrons. The third-order valence-electron chi connectivity index (χ3n) is 3.45. The van der Waals surface area contributed by atoms with Crippen molar-refractivity contribution in [3.05, 3.63) is 29.8 Å². The second-order valence-electron chi connectivity index (χ2n) is 4.96. The number of aliphatic hydroxyl groups excluding tert-OH is 1. The molecular formula is C15H22O3. The molecule has 3 nitrogen and oxygen atoms in total. The van der Waals surface area contributed by atoms with Gasteiger partial charge in [0.1, 0.15) is 11.9 Å². The second-order valence-corrected chi connectivity index (χ2v) is 4.96. The SMILES string of the molecule is CCCOc1ccc(C(O)C2OCCC2C)cc1. The predicted molar refractivity (Wildman–Crippen MR) is 70.7 cm³/mol. The van der Waals surface area contributed by atoms with Gasteiger partial charge in [-0.05, 0) is 36.5 Å². The van der Waals surface area contributed by atoms with E-state index in [1.807, 2.05) is 24.3 Å². The van der Waals surface area contributed by atoms with Crippen LogP contribution < -0.4 is 4.74 Å².